The van der Waals surface area contributed by atoms with Crippen LogP contribution in [0.15, 0.2) is 24.5 Å². The summed E-state index contributed by atoms with van der Waals surface area (Å²) in [6.07, 6.45) is 3.17. The maximum absolute atomic E-state index is 12.5. The number of carbonyl (C=O) groups is 1. The molecule has 0 radical (unpaired) electrons. The number of rotatable bonds is 3. The highest BCUT2D eigenvalue weighted by Crippen LogP contribution is 2.41. The molecule has 0 fully saturated rings. The van der Waals surface area contributed by atoms with E-state index in [0.717, 1.165) is 30.7 Å². The SMILES string of the molecule is CC1(C)Cc2cccc(OCC(=O)N3CCCn4ncnc43)c2O1. The first-order valence-corrected chi connectivity index (χ1v) is 8.15. The average molecular weight is 328 g/mol. The van der Waals surface area contributed by atoms with Gasteiger partial charge in [0.05, 0.1) is 0 Å². The molecule has 3 heterocycles. The minimum Gasteiger partial charge on any atom is -0.483 e. The molecule has 0 bridgehead atoms. The van der Waals surface area contributed by atoms with Crippen LogP contribution in [-0.4, -0.2) is 39.4 Å². The van der Waals surface area contributed by atoms with Gasteiger partial charge in [0.2, 0.25) is 5.95 Å². The summed E-state index contributed by atoms with van der Waals surface area (Å²) < 4.78 is 13.5. The molecule has 4 rings (SSSR count). The second-order valence-corrected chi connectivity index (χ2v) is 6.75. The minimum absolute atomic E-state index is 0.0485. The van der Waals surface area contributed by atoms with Crippen molar-refractivity contribution in [2.24, 2.45) is 0 Å². The fourth-order valence-corrected chi connectivity index (χ4v) is 3.26. The molecule has 0 N–H and O–H groups in total. The van der Waals surface area contributed by atoms with Gasteiger partial charge in [-0.15, -0.1) is 0 Å². The summed E-state index contributed by atoms with van der Waals surface area (Å²) in [5, 5.41) is 4.12. The molecule has 126 valence electrons. The highest BCUT2D eigenvalue weighted by molar-refractivity contribution is 5.93. The first-order chi connectivity index (χ1) is 11.5. The van der Waals surface area contributed by atoms with Crippen molar-refractivity contribution < 1.29 is 14.3 Å². The molecule has 0 saturated carbocycles. The molecule has 0 unspecified atom stereocenters. The summed E-state index contributed by atoms with van der Waals surface area (Å²) in [7, 11) is 0. The van der Waals surface area contributed by atoms with Crippen molar-refractivity contribution in [3.8, 4) is 11.5 Å². The van der Waals surface area contributed by atoms with Crippen molar-refractivity contribution >= 4 is 11.9 Å². The van der Waals surface area contributed by atoms with Gasteiger partial charge in [0.15, 0.2) is 18.1 Å². The smallest absolute Gasteiger partial charge is 0.267 e. The number of para-hydroxylation sites is 1. The Bertz CT molecular complexity index is 784. The van der Waals surface area contributed by atoms with E-state index >= 15 is 0 Å². The summed E-state index contributed by atoms with van der Waals surface area (Å²) in [6.45, 7) is 5.46. The van der Waals surface area contributed by atoms with Gasteiger partial charge >= 0.3 is 0 Å². The van der Waals surface area contributed by atoms with Gasteiger partial charge in [0, 0.05) is 25.1 Å². The Morgan fingerprint density at radius 1 is 1.38 bits per heavy atom. The van der Waals surface area contributed by atoms with Crippen molar-refractivity contribution in [3.63, 3.8) is 0 Å². The van der Waals surface area contributed by atoms with E-state index in [1.165, 1.54) is 6.33 Å². The molecule has 1 aromatic carbocycles. The minimum atomic E-state index is -0.241. The van der Waals surface area contributed by atoms with Crippen LogP contribution in [0.5, 0.6) is 11.5 Å². The maximum Gasteiger partial charge on any atom is 0.267 e. The number of anilines is 1. The van der Waals surface area contributed by atoms with E-state index in [-0.39, 0.29) is 18.1 Å². The number of nitrogens with zero attached hydrogens (tertiary/aromatic N) is 4. The molecular formula is C17H20N4O3. The largest absolute Gasteiger partial charge is 0.483 e. The number of ether oxygens (including phenoxy) is 2. The van der Waals surface area contributed by atoms with Gasteiger partial charge in [-0.05, 0) is 26.3 Å². The average Bonchev–Trinajstić information content (AvgIpc) is 3.14. The maximum atomic E-state index is 12.5. The highest BCUT2D eigenvalue weighted by Gasteiger charge is 2.32. The summed E-state index contributed by atoms with van der Waals surface area (Å²) in [5.74, 6) is 1.83. The Hall–Kier alpha value is -2.57. The molecule has 0 atom stereocenters. The number of aryl methyl sites for hydroxylation is 1. The molecule has 24 heavy (non-hydrogen) atoms. The van der Waals surface area contributed by atoms with Crippen LogP contribution in [0.2, 0.25) is 0 Å². The van der Waals surface area contributed by atoms with Gasteiger partial charge in [0.1, 0.15) is 11.9 Å². The van der Waals surface area contributed by atoms with Crippen molar-refractivity contribution in [3.05, 3.63) is 30.1 Å². The molecule has 0 saturated heterocycles. The molecule has 7 heteroatoms. The number of carbonyl (C=O) groups excluding carboxylic acids is 1. The Balaban J connectivity index is 1.48. The molecule has 1 aromatic heterocycles. The Morgan fingerprint density at radius 2 is 2.25 bits per heavy atom. The van der Waals surface area contributed by atoms with Crippen LogP contribution in [0.1, 0.15) is 25.8 Å². The Morgan fingerprint density at radius 3 is 3.12 bits per heavy atom. The van der Waals surface area contributed by atoms with Crippen LogP contribution in [0, 0.1) is 0 Å². The molecule has 7 nitrogen and oxygen atoms in total. The fourth-order valence-electron chi connectivity index (χ4n) is 3.26. The summed E-state index contributed by atoms with van der Waals surface area (Å²) in [6, 6.07) is 5.80. The van der Waals surface area contributed by atoms with Gasteiger partial charge in [-0.3, -0.25) is 9.69 Å². The zero-order valence-electron chi connectivity index (χ0n) is 13.9. The second kappa shape index (κ2) is 5.51. The Kier molecular flexibility index (Phi) is 3.44. The number of benzene rings is 1. The Labute approximate surface area is 140 Å². The van der Waals surface area contributed by atoms with E-state index in [1.54, 1.807) is 9.58 Å². The molecular weight excluding hydrogens is 308 g/mol. The van der Waals surface area contributed by atoms with Crippen LogP contribution in [-0.2, 0) is 17.8 Å². The van der Waals surface area contributed by atoms with Crippen LogP contribution in [0.4, 0.5) is 5.95 Å². The van der Waals surface area contributed by atoms with Crippen molar-refractivity contribution in [2.75, 3.05) is 18.1 Å². The van der Waals surface area contributed by atoms with E-state index in [9.17, 15) is 4.79 Å². The number of aromatic nitrogens is 3. The zero-order valence-corrected chi connectivity index (χ0v) is 13.9. The number of fused-ring (bicyclic) bond motifs is 2. The van der Waals surface area contributed by atoms with E-state index in [4.69, 9.17) is 9.47 Å². The molecule has 1 amide bonds. The second-order valence-electron chi connectivity index (χ2n) is 6.75. The van der Waals surface area contributed by atoms with E-state index in [1.807, 2.05) is 32.0 Å². The van der Waals surface area contributed by atoms with E-state index in [2.05, 4.69) is 10.1 Å². The molecule has 2 aliphatic heterocycles. The zero-order chi connectivity index (χ0) is 16.7. The first-order valence-electron chi connectivity index (χ1n) is 8.15. The third-order valence-corrected chi connectivity index (χ3v) is 4.30. The standard InChI is InChI=1S/C17H20N4O3/c1-17(2)9-12-5-3-6-13(15(12)24-17)23-10-14(22)20-7-4-8-21-16(20)18-11-19-21/h3,5-6,11H,4,7-10H2,1-2H3. The highest BCUT2D eigenvalue weighted by atomic mass is 16.5. The molecule has 0 spiro atoms. The number of amides is 1. The third kappa shape index (κ3) is 2.60. The van der Waals surface area contributed by atoms with Crippen molar-refractivity contribution in [1.82, 2.24) is 14.8 Å². The normalized spacial score (nSPS) is 17.8. The third-order valence-electron chi connectivity index (χ3n) is 4.30. The van der Waals surface area contributed by atoms with Gasteiger partial charge < -0.3 is 9.47 Å². The van der Waals surface area contributed by atoms with Gasteiger partial charge in [-0.2, -0.15) is 10.1 Å². The van der Waals surface area contributed by atoms with E-state index in [0.29, 0.717) is 18.2 Å². The van der Waals surface area contributed by atoms with Gasteiger partial charge in [-0.25, -0.2) is 4.68 Å². The van der Waals surface area contributed by atoms with E-state index < -0.39 is 0 Å². The van der Waals surface area contributed by atoms with Crippen molar-refractivity contribution in [2.45, 2.75) is 38.8 Å². The van der Waals surface area contributed by atoms with Crippen LogP contribution in [0.25, 0.3) is 0 Å². The predicted octanol–water partition coefficient (Wildman–Crippen LogP) is 1.81. The first kappa shape index (κ1) is 15.0. The van der Waals surface area contributed by atoms with Gasteiger partial charge in [-0.1, -0.05) is 12.1 Å². The van der Waals surface area contributed by atoms with Crippen LogP contribution >= 0.6 is 0 Å². The lowest BCUT2D eigenvalue weighted by Crippen LogP contribution is -2.40. The topological polar surface area (TPSA) is 69.5 Å². The lowest BCUT2D eigenvalue weighted by atomic mass is 10.0. The van der Waals surface area contributed by atoms with Crippen LogP contribution in [0.3, 0.4) is 0 Å². The van der Waals surface area contributed by atoms with Crippen LogP contribution < -0.4 is 14.4 Å². The summed E-state index contributed by atoms with van der Waals surface area (Å²) in [5.41, 5.74) is 0.873. The van der Waals surface area contributed by atoms with Crippen molar-refractivity contribution in [1.29, 1.82) is 0 Å². The molecule has 0 aliphatic carbocycles. The lowest BCUT2D eigenvalue weighted by Gasteiger charge is -2.26. The monoisotopic (exact) mass is 328 g/mol. The fraction of sp³-hybridized carbons (Fsp3) is 0.471. The number of hydrogen-bond donors (Lipinski definition) is 0. The quantitative estimate of drug-likeness (QED) is 0.859. The van der Waals surface area contributed by atoms with Gasteiger partial charge in [0.25, 0.3) is 5.91 Å². The summed E-state index contributed by atoms with van der Waals surface area (Å²) in [4.78, 5) is 18.3. The predicted molar refractivity (Wildman–Crippen MR) is 87.3 cm³/mol. The molecule has 2 aromatic rings. The lowest BCUT2D eigenvalue weighted by molar-refractivity contribution is -0.120. The summed E-state index contributed by atoms with van der Waals surface area (Å²) >= 11 is 0. The molecule has 2 aliphatic rings. The number of hydrogen-bond acceptors (Lipinski definition) is 5.